The summed E-state index contributed by atoms with van der Waals surface area (Å²) in [5, 5.41) is 7.69. The summed E-state index contributed by atoms with van der Waals surface area (Å²) in [4.78, 5) is 8.51. The van der Waals surface area contributed by atoms with Crippen molar-refractivity contribution in [1.82, 2.24) is 19.6 Å². The van der Waals surface area contributed by atoms with Gasteiger partial charge in [-0.25, -0.2) is 4.98 Å². The summed E-state index contributed by atoms with van der Waals surface area (Å²) >= 11 is 3.62. The van der Waals surface area contributed by atoms with Gasteiger partial charge in [0.1, 0.15) is 25.4 Å². The van der Waals surface area contributed by atoms with Crippen LogP contribution in [0.25, 0.3) is 5.78 Å². The summed E-state index contributed by atoms with van der Waals surface area (Å²) < 4.78 is 14.0. The molecule has 124 valence electrons. The van der Waals surface area contributed by atoms with Crippen molar-refractivity contribution in [3.05, 3.63) is 40.3 Å². The molecule has 1 aliphatic rings. The Labute approximate surface area is 147 Å². The van der Waals surface area contributed by atoms with Gasteiger partial charge >= 0.3 is 0 Å². The molecule has 0 bridgehead atoms. The Morgan fingerprint density at radius 1 is 1.21 bits per heavy atom. The largest absolute Gasteiger partial charge is 0.486 e. The summed E-state index contributed by atoms with van der Waals surface area (Å²) in [6.45, 7) is 5.16. The molecule has 0 aliphatic carbocycles. The molecule has 1 aromatic carbocycles. The van der Waals surface area contributed by atoms with Crippen LogP contribution in [0.3, 0.4) is 0 Å². The second kappa shape index (κ2) is 5.94. The van der Waals surface area contributed by atoms with Crippen LogP contribution in [-0.2, 0) is 0 Å². The number of nitrogens with zero attached hydrogens (tertiary/aromatic N) is 4. The van der Waals surface area contributed by atoms with Gasteiger partial charge in [-0.2, -0.15) is 14.6 Å². The van der Waals surface area contributed by atoms with E-state index in [-0.39, 0.29) is 6.04 Å². The number of fused-ring (bicyclic) bond motifs is 2. The molecule has 2 aromatic heterocycles. The topological polar surface area (TPSA) is 73.6 Å². The first-order valence-electron chi connectivity index (χ1n) is 7.65. The van der Waals surface area contributed by atoms with E-state index >= 15 is 0 Å². The van der Waals surface area contributed by atoms with Gasteiger partial charge in [0.25, 0.3) is 5.78 Å². The first-order chi connectivity index (χ1) is 11.6. The lowest BCUT2D eigenvalue weighted by molar-refractivity contribution is 0.171. The van der Waals surface area contributed by atoms with Gasteiger partial charge in [-0.1, -0.05) is 15.9 Å². The Hall–Kier alpha value is -2.35. The first kappa shape index (κ1) is 15.2. The van der Waals surface area contributed by atoms with E-state index in [9.17, 15) is 0 Å². The maximum absolute atomic E-state index is 5.69. The third-order valence-corrected chi connectivity index (χ3v) is 4.56. The number of nitrogens with one attached hydrogen (secondary N) is 1. The molecule has 1 unspecified atom stereocenters. The molecule has 24 heavy (non-hydrogen) atoms. The molecule has 0 fully saturated rings. The minimum atomic E-state index is 0.0180. The first-order valence-corrected chi connectivity index (χ1v) is 8.44. The van der Waals surface area contributed by atoms with Crippen molar-refractivity contribution in [2.24, 2.45) is 0 Å². The summed E-state index contributed by atoms with van der Waals surface area (Å²) in [6, 6.07) is 5.92. The van der Waals surface area contributed by atoms with E-state index in [1.807, 2.05) is 25.1 Å². The highest BCUT2D eigenvalue weighted by Gasteiger charge is 2.19. The van der Waals surface area contributed by atoms with Crippen molar-refractivity contribution < 1.29 is 9.47 Å². The van der Waals surface area contributed by atoms with Crippen LogP contribution >= 0.6 is 15.9 Å². The molecule has 1 atom stereocenters. The molecule has 4 rings (SSSR count). The van der Waals surface area contributed by atoms with Gasteiger partial charge in [-0.15, -0.1) is 0 Å². The van der Waals surface area contributed by atoms with Crippen molar-refractivity contribution in [1.29, 1.82) is 0 Å². The Kier molecular flexibility index (Phi) is 3.76. The number of benzene rings is 1. The average Bonchev–Trinajstić information content (AvgIpc) is 3.02. The Morgan fingerprint density at radius 2 is 1.96 bits per heavy atom. The molecule has 1 aliphatic heterocycles. The molecule has 7 nitrogen and oxygen atoms in total. The molecular weight excluding hydrogens is 374 g/mol. The third kappa shape index (κ3) is 2.66. The second-order valence-electron chi connectivity index (χ2n) is 5.64. The van der Waals surface area contributed by atoms with Crippen molar-refractivity contribution >= 4 is 27.5 Å². The fraction of sp³-hybridized carbons (Fsp3) is 0.312. The molecule has 3 aromatic rings. The molecule has 0 spiro atoms. The predicted molar refractivity (Wildman–Crippen MR) is 92.7 cm³/mol. The summed E-state index contributed by atoms with van der Waals surface area (Å²) in [5.74, 6) is 2.95. The van der Waals surface area contributed by atoms with Crippen molar-refractivity contribution in [2.75, 3.05) is 18.5 Å². The lowest BCUT2D eigenvalue weighted by Crippen LogP contribution is -2.17. The number of hydrogen-bond acceptors (Lipinski definition) is 6. The van der Waals surface area contributed by atoms with Crippen LogP contribution in [-0.4, -0.2) is 32.8 Å². The molecule has 0 radical (unpaired) electrons. The van der Waals surface area contributed by atoms with Crippen molar-refractivity contribution in [3.8, 4) is 11.5 Å². The van der Waals surface area contributed by atoms with E-state index in [0.29, 0.717) is 19.0 Å². The number of rotatable bonds is 3. The molecule has 0 amide bonds. The highest BCUT2D eigenvalue weighted by atomic mass is 79.9. The van der Waals surface area contributed by atoms with Crippen LogP contribution in [0.15, 0.2) is 29.0 Å². The number of ether oxygens (including phenoxy) is 2. The molecule has 8 heteroatoms. The normalized spacial score (nSPS) is 14.6. The van der Waals surface area contributed by atoms with Crippen molar-refractivity contribution in [2.45, 2.75) is 19.9 Å². The summed E-state index contributed by atoms with van der Waals surface area (Å²) in [7, 11) is 0. The van der Waals surface area contributed by atoms with Crippen LogP contribution in [0.4, 0.5) is 5.82 Å². The smallest absolute Gasteiger partial charge is 0.254 e. The predicted octanol–water partition coefficient (Wildman–Crippen LogP) is 3.14. The number of aryl methyl sites for hydroxylation is 1. The molecule has 0 saturated heterocycles. The SMILES string of the molecule is Cc1cc(NC(C)c2cc3c(cc2Br)OCCO3)n2ncnc2n1. The molecular formula is C16H16BrN5O2. The van der Waals surface area contributed by atoms with E-state index in [0.717, 1.165) is 33.0 Å². The maximum atomic E-state index is 5.69. The summed E-state index contributed by atoms with van der Waals surface area (Å²) in [5.41, 5.74) is 1.95. The zero-order valence-electron chi connectivity index (χ0n) is 13.3. The van der Waals surface area contributed by atoms with E-state index in [1.54, 1.807) is 4.52 Å². The van der Waals surface area contributed by atoms with Gasteiger partial charge in [0.15, 0.2) is 11.5 Å². The maximum Gasteiger partial charge on any atom is 0.254 e. The standard InChI is InChI=1S/C16H16BrN5O2/c1-9-5-15(22-16(20-9)18-8-19-22)21-10(2)11-6-13-14(7-12(11)17)24-4-3-23-13/h5-8,10,21H,3-4H2,1-2H3. The fourth-order valence-electron chi connectivity index (χ4n) is 2.74. The van der Waals surface area contributed by atoms with Crippen LogP contribution in [0.5, 0.6) is 11.5 Å². The number of halogens is 1. The third-order valence-electron chi connectivity index (χ3n) is 3.87. The Balaban J connectivity index is 1.68. The van der Waals surface area contributed by atoms with Crippen LogP contribution in [0.1, 0.15) is 24.2 Å². The lowest BCUT2D eigenvalue weighted by Gasteiger charge is -2.23. The number of aromatic nitrogens is 4. The van der Waals surface area contributed by atoms with Crippen LogP contribution in [0, 0.1) is 6.92 Å². The highest BCUT2D eigenvalue weighted by Crippen LogP contribution is 2.38. The quantitative estimate of drug-likeness (QED) is 0.741. The van der Waals surface area contributed by atoms with Gasteiger partial charge in [-0.3, -0.25) is 0 Å². The molecule has 1 N–H and O–H groups in total. The Morgan fingerprint density at radius 3 is 2.75 bits per heavy atom. The lowest BCUT2D eigenvalue weighted by atomic mass is 10.1. The van der Waals surface area contributed by atoms with Crippen LogP contribution in [0.2, 0.25) is 0 Å². The second-order valence-corrected chi connectivity index (χ2v) is 6.49. The monoisotopic (exact) mass is 389 g/mol. The fourth-order valence-corrected chi connectivity index (χ4v) is 3.41. The minimum Gasteiger partial charge on any atom is -0.486 e. The number of hydrogen-bond donors (Lipinski definition) is 1. The van der Waals surface area contributed by atoms with E-state index < -0.39 is 0 Å². The zero-order valence-corrected chi connectivity index (χ0v) is 14.9. The highest BCUT2D eigenvalue weighted by molar-refractivity contribution is 9.10. The van der Waals surface area contributed by atoms with E-state index in [1.165, 1.54) is 6.33 Å². The molecule has 3 heterocycles. The summed E-state index contributed by atoms with van der Waals surface area (Å²) in [6.07, 6.45) is 1.50. The number of anilines is 1. The van der Waals surface area contributed by atoms with Gasteiger partial charge in [0.2, 0.25) is 0 Å². The molecule has 0 saturated carbocycles. The minimum absolute atomic E-state index is 0.0180. The average molecular weight is 390 g/mol. The van der Waals surface area contributed by atoms with Crippen LogP contribution < -0.4 is 14.8 Å². The van der Waals surface area contributed by atoms with E-state index in [2.05, 4.69) is 43.2 Å². The van der Waals surface area contributed by atoms with Gasteiger partial charge in [0, 0.05) is 16.2 Å². The van der Waals surface area contributed by atoms with Gasteiger partial charge < -0.3 is 14.8 Å². The van der Waals surface area contributed by atoms with E-state index in [4.69, 9.17) is 9.47 Å². The Bertz CT molecular complexity index is 911. The van der Waals surface area contributed by atoms with Gasteiger partial charge in [-0.05, 0) is 31.5 Å². The zero-order chi connectivity index (χ0) is 16.7. The van der Waals surface area contributed by atoms with Gasteiger partial charge in [0.05, 0.1) is 6.04 Å². The van der Waals surface area contributed by atoms with Crippen molar-refractivity contribution in [3.63, 3.8) is 0 Å².